The zero-order valence-corrected chi connectivity index (χ0v) is 16.7. The number of hydrogen-bond acceptors (Lipinski definition) is 4. The van der Waals surface area contributed by atoms with Crippen LogP contribution < -0.4 is 9.34 Å². The van der Waals surface area contributed by atoms with E-state index in [0.717, 1.165) is 17.8 Å². The smallest absolute Gasteiger partial charge is 0.280 e. The predicted molar refractivity (Wildman–Crippen MR) is 113 cm³/mol. The molecule has 0 aliphatic carbocycles. The maximum atomic E-state index is 14.9. The quantitative estimate of drug-likeness (QED) is 0.315. The highest BCUT2D eigenvalue weighted by Gasteiger charge is 2.51. The molecule has 0 spiro atoms. The predicted octanol–water partition coefficient (Wildman–Crippen LogP) is 5.21. The molecule has 2 heterocycles. The lowest BCUT2D eigenvalue weighted by molar-refractivity contribution is -0.480. The van der Waals surface area contributed by atoms with E-state index in [1.54, 1.807) is 12.1 Å². The molecule has 1 fully saturated rings. The maximum Gasteiger partial charge on any atom is 0.280 e. The Morgan fingerprint density at radius 3 is 1.93 bits per heavy atom. The van der Waals surface area contributed by atoms with Gasteiger partial charge in [-0.3, -0.25) is 14.7 Å². The fraction of sp³-hybridized carbons (Fsp3) is 0.238. The van der Waals surface area contributed by atoms with E-state index in [-0.39, 0.29) is 0 Å². The van der Waals surface area contributed by atoms with E-state index in [1.807, 2.05) is 70.0 Å². The summed E-state index contributed by atoms with van der Waals surface area (Å²) >= 11 is 0. The fourth-order valence-electron chi connectivity index (χ4n) is 3.90. The lowest BCUT2D eigenvalue weighted by Gasteiger charge is -2.47. The Bertz CT molecular complexity index is 944. The van der Waals surface area contributed by atoms with Crippen LogP contribution in [0, 0.1) is 10.1 Å². The molecule has 0 saturated carbocycles. The number of nitro groups is 1. The minimum Gasteiger partial charge on any atom is -0.468 e. The molecule has 0 radical (unpaired) electrons. The Balaban J connectivity index is 1.90. The molecule has 0 N–H and O–H groups in total. The standard InChI is InChI=1S/C21H22N3O4P/c25-24(26)17-21(20-13-7-16-28-20)29(27)22(18-9-3-1-4-10-18)14-8-15-23(29)19-11-5-2-6-12-19/h1-7,9-13,16,21H,8,14-15,17H2. The van der Waals surface area contributed by atoms with Gasteiger partial charge >= 0.3 is 0 Å². The van der Waals surface area contributed by atoms with E-state index in [2.05, 4.69) is 0 Å². The summed E-state index contributed by atoms with van der Waals surface area (Å²) in [6.07, 6.45) is 2.26. The highest BCUT2D eigenvalue weighted by atomic mass is 31.2. The summed E-state index contributed by atoms with van der Waals surface area (Å²) < 4.78 is 24.2. The summed E-state index contributed by atoms with van der Waals surface area (Å²) in [5.41, 5.74) is 0.681. The molecule has 150 valence electrons. The number of rotatable bonds is 6. The molecule has 0 amide bonds. The fourth-order valence-corrected chi connectivity index (χ4v) is 7.44. The molecule has 0 bridgehead atoms. The van der Waals surface area contributed by atoms with Crippen molar-refractivity contribution in [3.8, 4) is 0 Å². The molecule has 1 unspecified atom stereocenters. The van der Waals surface area contributed by atoms with E-state index >= 15 is 0 Å². The van der Waals surface area contributed by atoms with Gasteiger partial charge in [-0.15, -0.1) is 0 Å². The first-order valence-corrected chi connectivity index (χ1v) is 11.2. The summed E-state index contributed by atoms with van der Waals surface area (Å²) in [7, 11) is -3.50. The van der Waals surface area contributed by atoms with Crippen molar-refractivity contribution in [3.63, 3.8) is 0 Å². The van der Waals surface area contributed by atoms with Gasteiger partial charge in [-0.2, -0.15) is 0 Å². The number of anilines is 2. The molecule has 29 heavy (non-hydrogen) atoms. The molecule has 1 aliphatic rings. The van der Waals surface area contributed by atoms with Gasteiger partial charge in [0.1, 0.15) is 5.76 Å². The molecular weight excluding hydrogens is 389 g/mol. The Kier molecular flexibility index (Phi) is 5.41. The number of benzene rings is 2. The van der Waals surface area contributed by atoms with E-state index < -0.39 is 24.6 Å². The molecule has 3 aromatic rings. The van der Waals surface area contributed by atoms with Crippen molar-refractivity contribution in [3.05, 3.63) is 94.9 Å². The first kappa shape index (κ1) is 19.3. The van der Waals surface area contributed by atoms with Crippen molar-refractivity contribution in [1.82, 2.24) is 0 Å². The van der Waals surface area contributed by atoms with E-state index in [0.29, 0.717) is 18.8 Å². The van der Waals surface area contributed by atoms with Crippen LogP contribution in [0.5, 0.6) is 0 Å². The third-order valence-corrected chi connectivity index (χ3v) is 8.62. The van der Waals surface area contributed by atoms with Crippen LogP contribution in [-0.4, -0.2) is 24.6 Å². The molecule has 1 atom stereocenters. The van der Waals surface area contributed by atoms with Crippen LogP contribution in [0.1, 0.15) is 17.8 Å². The van der Waals surface area contributed by atoms with Crippen LogP contribution in [-0.2, 0) is 4.57 Å². The largest absolute Gasteiger partial charge is 0.468 e. The number of hydrogen-bond donors (Lipinski definition) is 0. The van der Waals surface area contributed by atoms with Gasteiger partial charge in [-0.05, 0) is 42.8 Å². The highest BCUT2D eigenvalue weighted by molar-refractivity contribution is 7.67. The molecule has 1 aromatic heterocycles. The lowest BCUT2D eigenvalue weighted by Crippen LogP contribution is -2.42. The van der Waals surface area contributed by atoms with Crippen LogP contribution in [0.15, 0.2) is 83.5 Å². The summed E-state index contributed by atoms with van der Waals surface area (Å²) in [4.78, 5) is 11.2. The van der Waals surface area contributed by atoms with E-state index in [4.69, 9.17) is 4.42 Å². The molecule has 8 heteroatoms. The first-order valence-electron chi connectivity index (χ1n) is 9.52. The van der Waals surface area contributed by atoms with Gasteiger partial charge in [0.05, 0.1) is 6.26 Å². The number of nitrogens with zero attached hydrogens (tertiary/aromatic N) is 3. The summed E-state index contributed by atoms with van der Waals surface area (Å²) in [6, 6.07) is 22.3. The summed E-state index contributed by atoms with van der Waals surface area (Å²) in [5, 5.41) is 11.6. The number of furan rings is 1. The van der Waals surface area contributed by atoms with Crippen molar-refractivity contribution in [1.29, 1.82) is 0 Å². The van der Waals surface area contributed by atoms with Crippen molar-refractivity contribution in [2.45, 2.75) is 12.1 Å². The monoisotopic (exact) mass is 411 g/mol. The van der Waals surface area contributed by atoms with Gasteiger partial charge in [0.2, 0.25) is 6.54 Å². The average molecular weight is 411 g/mol. The molecule has 1 saturated heterocycles. The van der Waals surface area contributed by atoms with Crippen LogP contribution in [0.3, 0.4) is 0 Å². The Morgan fingerprint density at radius 1 is 0.931 bits per heavy atom. The topological polar surface area (TPSA) is 79.8 Å². The summed E-state index contributed by atoms with van der Waals surface area (Å²) in [6.45, 7) is 0.635. The third kappa shape index (κ3) is 3.66. The molecule has 1 aliphatic heterocycles. The van der Waals surface area contributed by atoms with Gasteiger partial charge in [0.15, 0.2) is 5.66 Å². The van der Waals surface area contributed by atoms with Gasteiger partial charge in [-0.25, -0.2) is 0 Å². The normalized spacial score (nSPS) is 17.1. The second kappa shape index (κ2) is 8.13. The Labute approximate surface area is 169 Å². The van der Waals surface area contributed by atoms with Crippen molar-refractivity contribution in [2.24, 2.45) is 0 Å². The highest BCUT2D eigenvalue weighted by Crippen LogP contribution is 2.67. The SMILES string of the molecule is O=[N+]([O-])CC(c1ccco1)P1(=O)N(c2ccccc2)CCCN1c1ccccc1. The van der Waals surface area contributed by atoms with Gasteiger partial charge in [-0.1, -0.05) is 36.4 Å². The lowest BCUT2D eigenvalue weighted by atomic mass is 10.3. The second-order valence-corrected chi connectivity index (χ2v) is 9.67. The maximum absolute atomic E-state index is 14.9. The zero-order valence-electron chi connectivity index (χ0n) is 15.8. The molecule has 4 rings (SSSR count). The van der Waals surface area contributed by atoms with Crippen molar-refractivity contribution in [2.75, 3.05) is 29.0 Å². The Morgan fingerprint density at radius 2 is 1.48 bits per heavy atom. The van der Waals surface area contributed by atoms with Gasteiger partial charge < -0.3 is 13.8 Å². The van der Waals surface area contributed by atoms with Crippen LogP contribution in [0.4, 0.5) is 11.4 Å². The van der Waals surface area contributed by atoms with E-state index in [9.17, 15) is 14.7 Å². The van der Waals surface area contributed by atoms with Gasteiger partial charge in [0.25, 0.3) is 7.44 Å². The minimum absolute atomic E-state index is 0.369. The average Bonchev–Trinajstić information content (AvgIpc) is 3.27. The van der Waals surface area contributed by atoms with Crippen LogP contribution in [0.2, 0.25) is 0 Å². The van der Waals surface area contributed by atoms with Crippen LogP contribution >= 0.6 is 7.44 Å². The molecular formula is C21H22N3O4P. The minimum atomic E-state index is -3.50. The van der Waals surface area contributed by atoms with Crippen LogP contribution in [0.25, 0.3) is 0 Å². The van der Waals surface area contributed by atoms with E-state index in [1.165, 1.54) is 6.26 Å². The van der Waals surface area contributed by atoms with Crippen molar-refractivity contribution < 1.29 is 13.9 Å². The Hall–Kier alpha value is -3.05. The van der Waals surface area contributed by atoms with Crippen molar-refractivity contribution >= 4 is 18.8 Å². The zero-order chi connectivity index (χ0) is 20.3. The third-order valence-electron chi connectivity index (χ3n) is 5.14. The summed E-state index contributed by atoms with van der Waals surface area (Å²) in [5.74, 6) is 0.369. The van der Waals surface area contributed by atoms with Gasteiger partial charge in [0, 0.05) is 29.4 Å². The second-order valence-electron chi connectivity index (χ2n) is 6.91. The molecule has 2 aromatic carbocycles. The molecule has 7 nitrogen and oxygen atoms in total. The first-order chi connectivity index (χ1) is 14.1. The number of para-hydroxylation sites is 2.